The number of nitrogens with one attached hydrogen (secondary N) is 1. The van der Waals surface area contributed by atoms with Crippen LogP contribution in [0.15, 0.2) is 35.0 Å². The summed E-state index contributed by atoms with van der Waals surface area (Å²) in [4.78, 5) is 11.9. The van der Waals surface area contributed by atoms with E-state index in [1.54, 1.807) is 31.3 Å². The molecule has 0 aliphatic carbocycles. The fourth-order valence-electron chi connectivity index (χ4n) is 1.77. The maximum absolute atomic E-state index is 11.9. The van der Waals surface area contributed by atoms with Crippen molar-refractivity contribution in [3.63, 3.8) is 0 Å². The molecule has 0 fully saturated rings. The Bertz CT molecular complexity index is 729. The highest BCUT2D eigenvalue weighted by Crippen LogP contribution is 2.14. The number of hydrogen-bond donors (Lipinski definition) is 1. The summed E-state index contributed by atoms with van der Waals surface area (Å²) in [6.45, 7) is 1.88. The van der Waals surface area contributed by atoms with E-state index >= 15 is 0 Å². The second kappa shape index (κ2) is 4.56. The molecular formula is C13H11N3O3. The van der Waals surface area contributed by atoms with Crippen LogP contribution in [0, 0.1) is 6.92 Å². The Morgan fingerprint density at radius 1 is 1.42 bits per heavy atom. The lowest BCUT2D eigenvalue weighted by molar-refractivity contribution is 0.0437. The van der Waals surface area contributed by atoms with Crippen LogP contribution in [-0.4, -0.2) is 21.3 Å². The van der Waals surface area contributed by atoms with E-state index in [0.29, 0.717) is 11.3 Å². The first kappa shape index (κ1) is 11.5. The number of nitrogens with zero attached hydrogens (tertiary/aromatic N) is 2. The zero-order valence-electron chi connectivity index (χ0n) is 10.2. The van der Waals surface area contributed by atoms with E-state index in [4.69, 9.17) is 9.26 Å². The SMILES string of the molecule is Cc1cc(COC(=O)c2ccc3cn[nH]c3c2)on1. The van der Waals surface area contributed by atoms with Gasteiger partial charge in [-0.05, 0) is 19.1 Å². The topological polar surface area (TPSA) is 81.0 Å². The van der Waals surface area contributed by atoms with Gasteiger partial charge in [-0.25, -0.2) is 4.79 Å². The first-order valence-electron chi connectivity index (χ1n) is 5.75. The van der Waals surface area contributed by atoms with Crippen molar-refractivity contribution in [2.45, 2.75) is 13.5 Å². The largest absolute Gasteiger partial charge is 0.454 e. The van der Waals surface area contributed by atoms with Gasteiger partial charge < -0.3 is 9.26 Å². The molecule has 1 N–H and O–H groups in total. The number of ether oxygens (including phenoxy) is 1. The predicted molar refractivity (Wildman–Crippen MR) is 66.5 cm³/mol. The van der Waals surface area contributed by atoms with Gasteiger partial charge in [-0.15, -0.1) is 0 Å². The lowest BCUT2D eigenvalue weighted by atomic mass is 10.2. The van der Waals surface area contributed by atoms with E-state index in [1.807, 2.05) is 6.07 Å². The molecule has 3 aromatic rings. The third kappa shape index (κ3) is 2.33. The molecule has 0 aliphatic heterocycles. The number of carbonyl (C=O) groups is 1. The molecular weight excluding hydrogens is 246 g/mol. The van der Waals surface area contributed by atoms with Gasteiger partial charge in [0.05, 0.1) is 23.0 Å². The van der Waals surface area contributed by atoms with Crippen molar-refractivity contribution in [2.75, 3.05) is 0 Å². The Morgan fingerprint density at radius 3 is 3.11 bits per heavy atom. The molecule has 0 atom stereocenters. The Labute approximate surface area is 108 Å². The number of aryl methyl sites for hydroxylation is 1. The average Bonchev–Trinajstić information content (AvgIpc) is 3.03. The van der Waals surface area contributed by atoms with Gasteiger partial charge in [0.25, 0.3) is 0 Å². The van der Waals surface area contributed by atoms with Crippen molar-refractivity contribution in [2.24, 2.45) is 0 Å². The smallest absolute Gasteiger partial charge is 0.338 e. The van der Waals surface area contributed by atoms with Crippen molar-refractivity contribution in [3.8, 4) is 0 Å². The second-order valence-electron chi connectivity index (χ2n) is 4.18. The predicted octanol–water partition coefficient (Wildman–Crippen LogP) is 2.22. The summed E-state index contributed by atoms with van der Waals surface area (Å²) in [5.41, 5.74) is 2.02. The van der Waals surface area contributed by atoms with Gasteiger partial charge in [0.15, 0.2) is 12.4 Å². The van der Waals surface area contributed by atoms with Crippen molar-refractivity contribution in [3.05, 3.63) is 47.5 Å². The van der Waals surface area contributed by atoms with Gasteiger partial charge >= 0.3 is 5.97 Å². The molecule has 0 amide bonds. The molecule has 6 heteroatoms. The van der Waals surface area contributed by atoms with Gasteiger partial charge in [0, 0.05) is 11.5 Å². The van der Waals surface area contributed by atoms with E-state index in [-0.39, 0.29) is 6.61 Å². The van der Waals surface area contributed by atoms with E-state index in [1.165, 1.54) is 0 Å². The van der Waals surface area contributed by atoms with Crippen LogP contribution in [0.5, 0.6) is 0 Å². The highest BCUT2D eigenvalue weighted by molar-refractivity contribution is 5.94. The number of H-pyrrole nitrogens is 1. The van der Waals surface area contributed by atoms with Crippen LogP contribution < -0.4 is 0 Å². The van der Waals surface area contributed by atoms with Crippen LogP contribution in [0.1, 0.15) is 21.8 Å². The fraction of sp³-hybridized carbons (Fsp3) is 0.154. The quantitative estimate of drug-likeness (QED) is 0.727. The highest BCUT2D eigenvalue weighted by Gasteiger charge is 2.10. The van der Waals surface area contributed by atoms with E-state index in [9.17, 15) is 4.79 Å². The Balaban J connectivity index is 1.72. The molecule has 0 radical (unpaired) electrons. The van der Waals surface area contributed by atoms with Gasteiger partial charge in [0.1, 0.15) is 0 Å². The molecule has 3 rings (SSSR count). The summed E-state index contributed by atoms with van der Waals surface area (Å²) in [7, 11) is 0. The molecule has 0 unspecified atom stereocenters. The van der Waals surface area contributed by atoms with Crippen LogP contribution in [0.3, 0.4) is 0 Å². The standard InChI is InChI=1S/C13H11N3O3/c1-8-4-11(19-16-8)7-18-13(17)9-2-3-10-6-14-15-12(10)5-9/h2-6H,7H2,1H3,(H,14,15). The molecule has 0 saturated heterocycles. The third-order valence-electron chi connectivity index (χ3n) is 2.70. The number of fused-ring (bicyclic) bond motifs is 1. The fourth-order valence-corrected chi connectivity index (χ4v) is 1.77. The Morgan fingerprint density at radius 2 is 2.32 bits per heavy atom. The van der Waals surface area contributed by atoms with E-state index in [2.05, 4.69) is 15.4 Å². The van der Waals surface area contributed by atoms with Gasteiger partial charge in [-0.2, -0.15) is 5.10 Å². The zero-order chi connectivity index (χ0) is 13.2. The molecule has 0 bridgehead atoms. The monoisotopic (exact) mass is 257 g/mol. The number of esters is 1. The molecule has 1 aromatic carbocycles. The van der Waals surface area contributed by atoms with Crippen LogP contribution in [0.2, 0.25) is 0 Å². The number of aromatic nitrogens is 3. The van der Waals surface area contributed by atoms with Crippen LogP contribution in [0.25, 0.3) is 10.9 Å². The molecule has 2 aromatic heterocycles. The summed E-state index contributed by atoms with van der Waals surface area (Å²) in [6.07, 6.45) is 1.70. The first-order chi connectivity index (χ1) is 9.22. The van der Waals surface area contributed by atoms with Crippen LogP contribution in [0.4, 0.5) is 0 Å². The van der Waals surface area contributed by atoms with Crippen molar-refractivity contribution in [1.29, 1.82) is 0 Å². The second-order valence-corrected chi connectivity index (χ2v) is 4.18. The van der Waals surface area contributed by atoms with Gasteiger partial charge in [-0.3, -0.25) is 5.10 Å². The lowest BCUT2D eigenvalue weighted by Crippen LogP contribution is -2.04. The van der Waals surface area contributed by atoms with Crippen LogP contribution >= 0.6 is 0 Å². The van der Waals surface area contributed by atoms with Crippen molar-refractivity contribution < 1.29 is 14.1 Å². The number of carbonyl (C=O) groups excluding carboxylic acids is 1. The molecule has 2 heterocycles. The molecule has 19 heavy (non-hydrogen) atoms. The van der Waals surface area contributed by atoms with Gasteiger partial charge in [0.2, 0.25) is 0 Å². The minimum Gasteiger partial charge on any atom is -0.454 e. The number of rotatable bonds is 3. The molecule has 0 spiro atoms. The van der Waals surface area contributed by atoms with Crippen molar-refractivity contribution >= 4 is 16.9 Å². The molecule has 6 nitrogen and oxygen atoms in total. The minimum atomic E-state index is -0.412. The Kier molecular flexibility index (Phi) is 2.75. The summed E-state index contributed by atoms with van der Waals surface area (Å²) < 4.78 is 10.1. The maximum atomic E-state index is 11.9. The third-order valence-corrected chi connectivity index (χ3v) is 2.70. The normalized spacial score (nSPS) is 10.8. The van der Waals surface area contributed by atoms with E-state index < -0.39 is 5.97 Å². The average molecular weight is 257 g/mol. The number of benzene rings is 1. The number of hydrogen-bond acceptors (Lipinski definition) is 5. The summed E-state index contributed by atoms with van der Waals surface area (Å²) in [5, 5.41) is 11.4. The number of aromatic amines is 1. The van der Waals surface area contributed by atoms with Crippen molar-refractivity contribution in [1.82, 2.24) is 15.4 Å². The van der Waals surface area contributed by atoms with Crippen LogP contribution in [-0.2, 0) is 11.3 Å². The zero-order valence-corrected chi connectivity index (χ0v) is 10.2. The summed E-state index contributed by atoms with van der Waals surface area (Å²) >= 11 is 0. The van der Waals surface area contributed by atoms with E-state index in [0.717, 1.165) is 16.6 Å². The molecule has 96 valence electrons. The molecule has 0 aliphatic rings. The Hall–Kier alpha value is -2.63. The highest BCUT2D eigenvalue weighted by atomic mass is 16.5. The summed E-state index contributed by atoms with van der Waals surface area (Å²) in [6, 6.07) is 6.95. The molecule has 0 saturated carbocycles. The maximum Gasteiger partial charge on any atom is 0.338 e. The van der Waals surface area contributed by atoms with Gasteiger partial charge in [-0.1, -0.05) is 11.2 Å². The first-order valence-corrected chi connectivity index (χ1v) is 5.75. The minimum absolute atomic E-state index is 0.0701. The summed E-state index contributed by atoms with van der Waals surface area (Å²) in [5.74, 6) is 0.110. The lowest BCUT2D eigenvalue weighted by Gasteiger charge is -2.02.